The molecular formula is C13H15FN4O. The van der Waals surface area contributed by atoms with Crippen molar-refractivity contribution in [1.29, 1.82) is 0 Å². The van der Waals surface area contributed by atoms with E-state index in [2.05, 4.69) is 15.4 Å². The fraction of sp³-hybridized carbons (Fsp3) is 0.538. The van der Waals surface area contributed by atoms with Crippen LogP contribution in [0.2, 0.25) is 0 Å². The molecule has 0 bridgehead atoms. The molecule has 2 unspecified atom stereocenters. The summed E-state index contributed by atoms with van der Waals surface area (Å²) in [5, 5.41) is 7.58. The van der Waals surface area contributed by atoms with Crippen molar-refractivity contribution in [2.75, 3.05) is 11.9 Å². The van der Waals surface area contributed by atoms with Gasteiger partial charge in [0.25, 0.3) is 0 Å². The van der Waals surface area contributed by atoms with Gasteiger partial charge in [-0.05, 0) is 37.3 Å². The van der Waals surface area contributed by atoms with E-state index in [9.17, 15) is 4.39 Å². The molecule has 1 aliphatic carbocycles. The number of rotatable bonds is 3. The molecule has 100 valence electrons. The van der Waals surface area contributed by atoms with E-state index in [-0.39, 0.29) is 18.0 Å². The number of pyridine rings is 1. The lowest BCUT2D eigenvalue weighted by atomic mass is 10.1. The summed E-state index contributed by atoms with van der Waals surface area (Å²) < 4.78 is 20.3. The predicted octanol–water partition coefficient (Wildman–Crippen LogP) is 1.85. The minimum Gasteiger partial charge on any atom is -0.376 e. The second kappa shape index (κ2) is 4.16. The van der Waals surface area contributed by atoms with Gasteiger partial charge in [0.05, 0.1) is 18.3 Å². The molecule has 0 amide bonds. The largest absolute Gasteiger partial charge is 0.376 e. The normalized spacial score (nSPS) is 27.0. The molecule has 0 spiro atoms. The van der Waals surface area contributed by atoms with Gasteiger partial charge in [0.1, 0.15) is 5.82 Å². The zero-order valence-electron chi connectivity index (χ0n) is 10.4. The van der Waals surface area contributed by atoms with Crippen LogP contribution in [0.25, 0.3) is 5.65 Å². The van der Waals surface area contributed by atoms with Crippen LogP contribution in [0.4, 0.5) is 10.3 Å². The molecule has 6 heteroatoms. The first-order valence-electron chi connectivity index (χ1n) is 6.70. The van der Waals surface area contributed by atoms with Gasteiger partial charge in [0.2, 0.25) is 5.95 Å². The van der Waals surface area contributed by atoms with Crippen molar-refractivity contribution >= 4 is 11.6 Å². The summed E-state index contributed by atoms with van der Waals surface area (Å²) in [7, 11) is 0. The number of hydrogen-bond donors (Lipinski definition) is 1. The molecule has 1 aliphatic heterocycles. The van der Waals surface area contributed by atoms with Crippen molar-refractivity contribution in [3.63, 3.8) is 0 Å². The number of hydrogen-bond acceptors (Lipinski definition) is 4. The second-order valence-electron chi connectivity index (χ2n) is 5.30. The van der Waals surface area contributed by atoms with Crippen molar-refractivity contribution in [2.45, 2.75) is 31.4 Å². The molecule has 4 rings (SSSR count). The van der Waals surface area contributed by atoms with Gasteiger partial charge in [-0.2, -0.15) is 4.98 Å². The van der Waals surface area contributed by atoms with Crippen LogP contribution in [0.1, 0.15) is 19.3 Å². The summed E-state index contributed by atoms with van der Waals surface area (Å²) in [5.74, 6) is 0.922. The molecule has 1 saturated heterocycles. The lowest BCUT2D eigenvalue weighted by Gasteiger charge is -2.18. The molecule has 0 radical (unpaired) electrons. The van der Waals surface area contributed by atoms with E-state index >= 15 is 0 Å². The number of aromatic nitrogens is 3. The molecule has 0 aromatic carbocycles. The summed E-state index contributed by atoms with van der Waals surface area (Å²) in [6, 6.07) is 3.28. The van der Waals surface area contributed by atoms with Crippen molar-refractivity contribution in [1.82, 2.24) is 14.6 Å². The third-order valence-corrected chi connectivity index (χ3v) is 3.83. The maximum absolute atomic E-state index is 13.1. The van der Waals surface area contributed by atoms with Crippen LogP contribution in [0.3, 0.4) is 0 Å². The molecule has 1 saturated carbocycles. The Balaban J connectivity index is 1.57. The first kappa shape index (κ1) is 11.2. The highest BCUT2D eigenvalue weighted by Crippen LogP contribution is 2.39. The van der Waals surface area contributed by atoms with Crippen molar-refractivity contribution < 1.29 is 9.13 Å². The molecule has 2 aromatic rings. The minimum atomic E-state index is -0.316. The lowest BCUT2D eigenvalue weighted by molar-refractivity contribution is 0.0897. The van der Waals surface area contributed by atoms with Gasteiger partial charge in [0, 0.05) is 6.61 Å². The highest BCUT2D eigenvalue weighted by atomic mass is 19.1. The Morgan fingerprint density at radius 1 is 1.32 bits per heavy atom. The first-order valence-corrected chi connectivity index (χ1v) is 6.70. The van der Waals surface area contributed by atoms with Gasteiger partial charge in [-0.3, -0.25) is 0 Å². The maximum atomic E-state index is 13.1. The topological polar surface area (TPSA) is 51.5 Å². The van der Waals surface area contributed by atoms with E-state index in [1.807, 2.05) is 0 Å². The van der Waals surface area contributed by atoms with E-state index < -0.39 is 0 Å². The smallest absolute Gasteiger partial charge is 0.243 e. The van der Waals surface area contributed by atoms with E-state index in [0.29, 0.717) is 17.5 Å². The summed E-state index contributed by atoms with van der Waals surface area (Å²) in [6.45, 7) is 0.792. The molecule has 2 aromatic heterocycles. The van der Waals surface area contributed by atoms with Crippen LogP contribution in [0.5, 0.6) is 0 Å². The van der Waals surface area contributed by atoms with E-state index in [1.54, 1.807) is 6.07 Å². The Labute approximate surface area is 109 Å². The highest BCUT2D eigenvalue weighted by molar-refractivity contribution is 5.43. The molecule has 19 heavy (non-hydrogen) atoms. The van der Waals surface area contributed by atoms with Gasteiger partial charge < -0.3 is 10.1 Å². The van der Waals surface area contributed by atoms with Gasteiger partial charge >= 0.3 is 0 Å². The van der Waals surface area contributed by atoms with Crippen LogP contribution in [-0.4, -0.2) is 33.4 Å². The Kier molecular flexibility index (Phi) is 2.44. The molecular weight excluding hydrogens is 247 g/mol. The Morgan fingerprint density at radius 3 is 3.05 bits per heavy atom. The van der Waals surface area contributed by atoms with Crippen LogP contribution < -0.4 is 5.32 Å². The van der Waals surface area contributed by atoms with Gasteiger partial charge in [-0.15, -0.1) is 5.10 Å². The van der Waals surface area contributed by atoms with Crippen LogP contribution in [0, 0.1) is 11.7 Å². The summed E-state index contributed by atoms with van der Waals surface area (Å²) in [6.07, 6.45) is 5.10. The third-order valence-electron chi connectivity index (χ3n) is 3.83. The lowest BCUT2D eigenvalue weighted by Crippen LogP contribution is -2.31. The molecule has 2 atom stereocenters. The molecule has 3 heterocycles. The number of halogens is 1. The number of ether oxygens (including phenoxy) is 1. The van der Waals surface area contributed by atoms with E-state index in [1.165, 1.54) is 29.6 Å². The molecule has 2 fully saturated rings. The first-order chi connectivity index (χ1) is 9.29. The number of nitrogens with zero attached hydrogens (tertiary/aromatic N) is 3. The van der Waals surface area contributed by atoms with Gasteiger partial charge in [0.15, 0.2) is 5.65 Å². The molecule has 2 aliphatic rings. The monoisotopic (exact) mass is 262 g/mol. The number of anilines is 1. The number of fused-ring (bicyclic) bond motifs is 1. The zero-order valence-corrected chi connectivity index (χ0v) is 10.4. The predicted molar refractivity (Wildman–Crippen MR) is 67.4 cm³/mol. The zero-order chi connectivity index (χ0) is 12.8. The van der Waals surface area contributed by atoms with Gasteiger partial charge in [-0.1, -0.05) is 0 Å². The fourth-order valence-corrected chi connectivity index (χ4v) is 2.74. The van der Waals surface area contributed by atoms with Crippen molar-refractivity contribution in [3.8, 4) is 0 Å². The maximum Gasteiger partial charge on any atom is 0.243 e. The average Bonchev–Trinajstić information content (AvgIpc) is 3.00. The number of nitrogens with one attached hydrogen (secondary N) is 1. The quantitative estimate of drug-likeness (QED) is 0.917. The van der Waals surface area contributed by atoms with E-state index in [4.69, 9.17) is 4.74 Å². The van der Waals surface area contributed by atoms with Crippen LogP contribution in [0.15, 0.2) is 18.3 Å². The average molecular weight is 262 g/mol. The highest BCUT2D eigenvalue weighted by Gasteiger charge is 2.40. The van der Waals surface area contributed by atoms with Gasteiger partial charge in [-0.25, -0.2) is 8.91 Å². The fourth-order valence-electron chi connectivity index (χ4n) is 2.74. The van der Waals surface area contributed by atoms with E-state index in [0.717, 1.165) is 13.0 Å². The van der Waals surface area contributed by atoms with Crippen molar-refractivity contribution in [2.24, 2.45) is 5.92 Å². The Morgan fingerprint density at radius 2 is 2.21 bits per heavy atom. The van der Waals surface area contributed by atoms with Crippen LogP contribution >= 0.6 is 0 Å². The second-order valence-corrected chi connectivity index (χ2v) is 5.30. The minimum absolute atomic E-state index is 0.273. The Hall–Kier alpha value is -1.69. The summed E-state index contributed by atoms with van der Waals surface area (Å²) in [5.41, 5.74) is 0.644. The Bertz CT molecular complexity index is 610. The standard InChI is InChI=1S/C13H15FN4O/c14-9-3-4-11-16-13(17-18(11)7-9)15-10-5-6-19-12(10)8-1-2-8/h3-4,7-8,10,12H,1-2,5-6H2,(H,15,17). The molecule has 1 N–H and O–H groups in total. The summed E-state index contributed by atoms with van der Waals surface area (Å²) >= 11 is 0. The van der Waals surface area contributed by atoms with Crippen LogP contribution in [-0.2, 0) is 4.74 Å². The molecule has 5 nitrogen and oxygen atoms in total. The SMILES string of the molecule is Fc1ccc2nc(NC3CCOC3C3CC3)nn2c1. The van der Waals surface area contributed by atoms with Crippen molar-refractivity contribution in [3.05, 3.63) is 24.1 Å². The third kappa shape index (κ3) is 2.06. The summed E-state index contributed by atoms with van der Waals surface area (Å²) in [4.78, 5) is 4.35.